The smallest absolute Gasteiger partial charge is 0.242 e. The highest BCUT2D eigenvalue weighted by atomic mass is 79.9. The first-order valence-corrected chi connectivity index (χ1v) is 9.54. The summed E-state index contributed by atoms with van der Waals surface area (Å²) in [6, 6.07) is 12.4. The molecule has 0 bridgehead atoms. The lowest BCUT2D eigenvalue weighted by Gasteiger charge is -2.20. The van der Waals surface area contributed by atoms with Gasteiger partial charge in [-0.05, 0) is 37.2 Å². The second-order valence-corrected chi connectivity index (χ2v) is 10.1. The number of rotatable bonds is 2. The highest BCUT2D eigenvalue weighted by Crippen LogP contribution is 2.32. The van der Waals surface area contributed by atoms with Crippen molar-refractivity contribution in [2.75, 3.05) is 0 Å². The Morgan fingerprint density at radius 1 is 0.938 bits per heavy atom. The Labute approximate surface area is 106 Å². The third kappa shape index (κ3) is 2.47. The van der Waals surface area contributed by atoms with Gasteiger partial charge in [-0.25, -0.2) is 0 Å². The van der Waals surface area contributed by atoms with Gasteiger partial charge in [0.1, 0.15) is 5.75 Å². The third-order valence-corrected chi connectivity index (χ3v) is 3.77. The maximum atomic E-state index is 6.09. The van der Waals surface area contributed by atoms with Crippen LogP contribution >= 0.6 is 15.9 Å². The summed E-state index contributed by atoms with van der Waals surface area (Å²) in [7, 11) is -1.55. The summed E-state index contributed by atoms with van der Waals surface area (Å²) < 4.78 is 7.20. The van der Waals surface area contributed by atoms with Gasteiger partial charge in [0.15, 0.2) is 0 Å². The van der Waals surface area contributed by atoms with Crippen molar-refractivity contribution in [2.24, 2.45) is 0 Å². The molecule has 0 heterocycles. The topological polar surface area (TPSA) is 9.23 Å². The minimum absolute atomic E-state index is 0.998. The quantitative estimate of drug-likeness (QED) is 0.722. The Balaban J connectivity index is 2.59. The van der Waals surface area contributed by atoms with Crippen molar-refractivity contribution in [2.45, 2.75) is 19.6 Å². The van der Waals surface area contributed by atoms with Crippen LogP contribution in [0.2, 0.25) is 19.6 Å². The molecular weight excluding hydrogens is 280 g/mol. The fraction of sp³-hybridized carbons (Fsp3) is 0.231. The van der Waals surface area contributed by atoms with Crippen molar-refractivity contribution in [1.82, 2.24) is 0 Å². The molecule has 2 aromatic rings. The highest BCUT2D eigenvalue weighted by molar-refractivity contribution is 9.10. The van der Waals surface area contributed by atoms with Gasteiger partial charge in [0.05, 0.1) is 0 Å². The van der Waals surface area contributed by atoms with E-state index in [1.165, 1.54) is 10.8 Å². The lowest BCUT2D eigenvalue weighted by Crippen LogP contribution is -2.29. The van der Waals surface area contributed by atoms with E-state index in [1.807, 2.05) is 18.2 Å². The van der Waals surface area contributed by atoms with Gasteiger partial charge in [-0.3, -0.25) is 0 Å². The Hall–Kier alpha value is -0.803. The van der Waals surface area contributed by atoms with E-state index in [0.717, 1.165) is 10.2 Å². The van der Waals surface area contributed by atoms with Gasteiger partial charge in [0.2, 0.25) is 8.32 Å². The number of halogens is 1. The molecule has 0 fully saturated rings. The summed E-state index contributed by atoms with van der Waals surface area (Å²) >= 11 is 3.57. The lowest BCUT2D eigenvalue weighted by atomic mass is 10.1. The van der Waals surface area contributed by atoms with Crippen molar-refractivity contribution in [3.63, 3.8) is 0 Å². The Morgan fingerprint density at radius 2 is 1.56 bits per heavy atom. The molecule has 0 atom stereocenters. The minimum atomic E-state index is -1.55. The molecule has 0 aliphatic heterocycles. The van der Waals surface area contributed by atoms with Crippen molar-refractivity contribution in [1.29, 1.82) is 0 Å². The van der Waals surface area contributed by atoms with E-state index in [9.17, 15) is 0 Å². The molecule has 2 rings (SSSR count). The SMILES string of the molecule is C[Si](C)(C)Oc1ccc(Br)c2ccccc12. The maximum Gasteiger partial charge on any atom is 0.242 e. The van der Waals surface area contributed by atoms with Crippen molar-refractivity contribution < 1.29 is 4.43 Å². The molecule has 0 spiro atoms. The predicted octanol–water partition coefficient (Wildman–Crippen LogP) is 4.82. The Bertz CT molecular complexity index is 517. The fourth-order valence-electron chi connectivity index (χ4n) is 1.65. The van der Waals surface area contributed by atoms with E-state index in [0.29, 0.717) is 0 Å². The van der Waals surface area contributed by atoms with Crippen LogP contribution in [0.1, 0.15) is 0 Å². The molecule has 0 aliphatic carbocycles. The molecule has 2 aromatic carbocycles. The van der Waals surface area contributed by atoms with Gasteiger partial charge in [0, 0.05) is 9.86 Å². The zero-order valence-electron chi connectivity index (χ0n) is 9.75. The van der Waals surface area contributed by atoms with Crippen LogP contribution in [0.25, 0.3) is 10.8 Å². The average molecular weight is 295 g/mol. The highest BCUT2D eigenvalue weighted by Gasteiger charge is 2.17. The van der Waals surface area contributed by atoms with Gasteiger partial charge >= 0.3 is 0 Å². The summed E-state index contributed by atoms with van der Waals surface area (Å²) in [6.45, 7) is 6.59. The van der Waals surface area contributed by atoms with E-state index < -0.39 is 8.32 Å². The zero-order chi connectivity index (χ0) is 11.8. The number of hydrogen-bond acceptors (Lipinski definition) is 1. The summed E-state index contributed by atoms with van der Waals surface area (Å²) in [5.41, 5.74) is 0. The van der Waals surface area contributed by atoms with Crippen LogP contribution in [-0.2, 0) is 0 Å². The van der Waals surface area contributed by atoms with Crippen LogP contribution in [0.5, 0.6) is 5.75 Å². The number of fused-ring (bicyclic) bond motifs is 1. The van der Waals surface area contributed by atoms with Crippen LogP contribution in [0, 0.1) is 0 Å². The van der Waals surface area contributed by atoms with Crippen molar-refractivity contribution in [3.8, 4) is 5.75 Å². The zero-order valence-corrected chi connectivity index (χ0v) is 12.3. The van der Waals surface area contributed by atoms with Crippen LogP contribution < -0.4 is 4.43 Å². The molecule has 0 radical (unpaired) electrons. The van der Waals surface area contributed by atoms with Crippen LogP contribution in [0.3, 0.4) is 0 Å². The van der Waals surface area contributed by atoms with Crippen molar-refractivity contribution in [3.05, 3.63) is 40.9 Å². The van der Waals surface area contributed by atoms with E-state index in [1.54, 1.807) is 0 Å². The fourth-order valence-corrected chi connectivity index (χ4v) is 2.97. The van der Waals surface area contributed by atoms with E-state index in [2.05, 4.69) is 53.8 Å². The largest absolute Gasteiger partial charge is 0.544 e. The summed E-state index contributed by atoms with van der Waals surface area (Å²) in [5.74, 6) is 0.998. The number of benzene rings is 2. The molecule has 0 amide bonds. The average Bonchev–Trinajstić information content (AvgIpc) is 2.21. The first kappa shape index (κ1) is 11.7. The minimum Gasteiger partial charge on any atom is -0.544 e. The maximum absolute atomic E-state index is 6.09. The second-order valence-electron chi connectivity index (χ2n) is 4.81. The van der Waals surface area contributed by atoms with Gasteiger partial charge < -0.3 is 4.43 Å². The third-order valence-electron chi connectivity index (χ3n) is 2.25. The first-order chi connectivity index (χ1) is 7.47. The van der Waals surface area contributed by atoms with Gasteiger partial charge in [-0.15, -0.1) is 0 Å². The molecule has 0 unspecified atom stereocenters. The van der Waals surface area contributed by atoms with Gasteiger partial charge in [0.25, 0.3) is 0 Å². The molecule has 1 nitrogen and oxygen atoms in total. The molecule has 3 heteroatoms. The molecule has 0 saturated heterocycles. The van der Waals surface area contributed by atoms with E-state index >= 15 is 0 Å². The van der Waals surface area contributed by atoms with Crippen LogP contribution in [-0.4, -0.2) is 8.32 Å². The van der Waals surface area contributed by atoms with Crippen LogP contribution in [0.4, 0.5) is 0 Å². The summed E-state index contributed by atoms with van der Waals surface area (Å²) in [4.78, 5) is 0. The summed E-state index contributed by atoms with van der Waals surface area (Å²) in [5, 5.41) is 2.39. The Morgan fingerprint density at radius 3 is 2.19 bits per heavy atom. The molecule has 0 N–H and O–H groups in total. The molecule has 84 valence electrons. The second kappa shape index (κ2) is 4.22. The normalized spacial score (nSPS) is 11.8. The standard InChI is InChI=1S/C13H15BrOSi/c1-16(2,3)15-13-9-8-12(14)10-6-4-5-7-11(10)13/h4-9H,1-3H3. The first-order valence-electron chi connectivity index (χ1n) is 5.34. The van der Waals surface area contributed by atoms with E-state index in [-0.39, 0.29) is 0 Å². The summed E-state index contributed by atoms with van der Waals surface area (Å²) in [6.07, 6.45) is 0. The lowest BCUT2D eigenvalue weighted by molar-refractivity contribution is 0.564. The Kier molecular flexibility index (Phi) is 3.08. The monoisotopic (exact) mass is 294 g/mol. The molecule has 16 heavy (non-hydrogen) atoms. The van der Waals surface area contributed by atoms with Crippen molar-refractivity contribution >= 4 is 35.0 Å². The molecule has 0 aliphatic rings. The van der Waals surface area contributed by atoms with E-state index in [4.69, 9.17) is 4.43 Å². The molecule has 0 saturated carbocycles. The predicted molar refractivity (Wildman–Crippen MR) is 75.6 cm³/mol. The molecular formula is C13H15BrOSi. The van der Waals surface area contributed by atoms with Gasteiger partial charge in [-0.2, -0.15) is 0 Å². The van der Waals surface area contributed by atoms with Gasteiger partial charge in [-0.1, -0.05) is 40.2 Å². The molecule has 0 aromatic heterocycles. The number of hydrogen-bond donors (Lipinski definition) is 0. The van der Waals surface area contributed by atoms with Crippen LogP contribution in [0.15, 0.2) is 40.9 Å².